The number of methoxy groups -OCH3 is 1. The molecule has 0 unspecified atom stereocenters. The molecular weight excluding hydrogens is 324 g/mol. The van der Waals surface area contributed by atoms with Crippen molar-refractivity contribution in [1.29, 1.82) is 5.26 Å². The molecule has 0 atom stereocenters. The van der Waals surface area contributed by atoms with Gasteiger partial charge in [-0.1, -0.05) is 18.2 Å². The minimum atomic E-state index is 0.644. The third-order valence-corrected chi connectivity index (χ3v) is 4.34. The number of benzene rings is 1. The van der Waals surface area contributed by atoms with Gasteiger partial charge in [0.15, 0.2) is 0 Å². The highest BCUT2D eigenvalue weighted by Crippen LogP contribution is 2.17. The lowest BCUT2D eigenvalue weighted by Crippen LogP contribution is -2.34. The summed E-state index contributed by atoms with van der Waals surface area (Å²) in [6.45, 7) is 3.68. The zero-order valence-electron chi connectivity index (χ0n) is 15.8. The smallest absolute Gasteiger partial charge is 0.128 e. The van der Waals surface area contributed by atoms with Gasteiger partial charge in [-0.25, -0.2) is 4.98 Å². The van der Waals surface area contributed by atoms with Crippen LogP contribution in [0.15, 0.2) is 48.7 Å². The Balaban J connectivity index is 1.94. The summed E-state index contributed by atoms with van der Waals surface area (Å²) in [6.07, 6.45) is 4.51. The maximum Gasteiger partial charge on any atom is 0.128 e. The summed E-state index contributed by atoms with van der Waals surface area (Å²) in [6, 6.07) is 16.4. The van der Waals surface area contributed by atoms with Crippen LogP contribution in [0.5, 0.6) is 5.75 Å². The van der Waals surface area contributed by atoms with Crippen LogP contribution in [0.4, 0.5) is 5.82 Å². The van der Waals surface area contributed by atoms with Crippen LogP contribution < -0.4 is 9.64 Å². The third kappa shape index (κ3) is 6.73. The van der Waals surface area contributed by atoms with Gasteiger partial charge >= 0.3 is 0 Å². The van der Waals surface area contributed by atoms with Crippen molar-refractivity contribution in [3.05, 3.63) is 54.2 Å². The second-order valence-corrected chi connectivity index (χ2v) is 6.38. The van der Waals surface area contributed by atoms with E-state index in [0.29, 0.717) is 6.42 Å². The second-order valence-electron chi connectivity index (χ2n) is 6.38. The molecule has 0 aliphatic rings. The van der Waals surface area contributed by atoms with E-state index in [-0.39, 0.29) is 0 Å². The summed E-state index contributed by atoms with van der Waals surface area (Å²) >= 11 is 0. The maximum absolute atomic E-state index is 8.62. The van der Waals surface area contributed by atoms with Crippen LogP contribution >= 0.6 is 0 Å². The summed E-state index contributed by atoms with van der Waals surface area (Å²) in [5.74, 6) is 1.86. The Hall–Kier alpha value is -2.58. The standard InChI is InChI=1S/C21H28N4O/c1-24(15-7-3-5-13-22)16-17-25(21-8-4-6-14-23-21)18-19-9-11-20(26-2)12-10-19/h4,6,8-12,14H,3,5,7,15-18H2,1-2H3. The van der Waals surface area contributed by atoms with Crippen molar-refractivity contribution < 1.29 is 4.74 Å². The number of anilines is 1. The van der Waals surface area contributed by atoms with Crippen LogP contribution in [0.2, 0.25) is 0 Å². The number of unbranched alkanes of at least 4 members (excludes halogenated alkanes) is 2. The number of nitrogens with zero attached hydrogens (tertiary/aromatic N) is 4. The molecule has 138 valence electrons. The first-order valence-electron chi connectivity index (χ1n) is 9.07. The van der Waals surface area contributed by atoms with E-state index in [1.165, 1.54) is 5.56 Å². The number of likely N-dealkylation sites (N-methyl/N-ethyl adjacent to an activating group) is 1. The molecule has 0 radical (unpaired) electrons. The van der Waals surface area contributed by atoms with Gasteiger partial charge in [-0.3, -0.25) is 0 Å². The summed E-state index contributed by atoms with van der Waals surface area (Å²) < 4.78 is 5.24. The molecule has 0 saturated heterocycles. The molecule has 1 aromatic heterocycles. The highest BCUT2D eigenvalue weighted by Gasteiger charge is 2.10. The first-order chi connectivity index (χ1) is 12.7. The monoisotopic (exact) mass is 352 g/mol. The zero-order chi connectivity index (χ0) is 18.6. The molecule has 0 aliphatic heterocycles. The van der Waals surface area contributed by atoms with Gasteiger partial charge in [-0.05, 0) is 56.3 Å². The highest BCUT2D eigenvalue weighted by molar-refractivity contribution is 5.39. The summed E-state index contributed by atoms with van der Waals surface area (Å²) in [4.78, 5) is 9.14. The average molecular weight is 352 g/mol. The number of hydrogen-bond donors (Lipinski definition) is 0. The van der Waals surface area contributed by atoms with Crippen LogP contribution in [0.25, 0.3) is 0 Å². The number of pyridine rings is 1. The van der Waals surface area contributed by atoms with E-state index in [9.17, 15) is 0 Å². The van der Waals surface area contributed by atoms with Gasteiger partial charge in [0.1, 0.15) is 11.6 Å². The third-order valence-electron chi connectivity index (χ3n) is 4.34. The van der Waals surface area contributed by atoms with Gasteiger partial charge < -0.3 is 14.5 Å². The number of rotatable bonds is 11. The van der Waals surface area contributed by atoms with Crippen molar-refractivity contribution in [2.45, 2.75) is 25.8 Å². The first-order valence-corrected chi connectivity index (χ1v) is 9.07. The van der Waals surface area contributed by atoms with Crippen LogP contribution in [0.3, 0.4) is 0 Å². The molecule has 0 amide bonds. The van der Waals surface area contributed by atoms with E-state index < -0.39 is 0 Å². The van der Waals surface area contributed by atoms with E-state index >= 15 is 0 Å². The van der Waals surface area contributed by atoms with Gasteiger partial charge in [0, 0.05) is 32.3 Å². The fourth-order valence-electron chi connectivity index (χ4n) is 2.76. The molecule has 2 rings (SSSR count). The van der Waals surface area contributed by atoms with Crippen LogP contribution in [-0.4, -0.2) is 43.7 Å². The summed E-state index contributed by atoms with van der Waals surface area (Å²) in [5, 5.41) is 8.62. The van der Waals surface area contributed by atoms with E-state index in [1.54, 1.807) is 7.11 Å². The van der Waals surface area contributed by atoms with Crippen molar-refractivity contribution in [2.24, 2.45) is 0 Å². The molecule has 0 bridgehead atoms. The molecule has 2 aromatic rings. The highest BCUT2D eigenvalue weighted by atomic mass is 16.5. The molecule has 0 fully saturated rings. The van der Waals surface area contributed by atoms with Gasteiger partial charge in [-0.15, -0.1) is 0 Å². The predicted molar refractivity (Wildman–Crippen MR) is 105 cm³/mol. The molecule has 0 N–H and O–H groups in total. The Morgan fingerprint density at radius 3 is 2.50 bits per heavy atom. The summed E-state index contributed by atoms with van der Waals surface area (Å²) in [7, 11) is 3.82. The van der Waals surface area contributed by atoms with Gasteiger partial charge in [0.05, 0.1) is 13.2 Å². The number of ether oxygens (including phenoxy) is 1. The van der Waals surface area contributed by atoms with Crippen LogP contribution in [-0.2, 0) is 6.54 Å². The van der Waals surface area contributed by atoms with Gasteiger partial charge in [-0.2, -0.15) is 5.26 Å². The Morgan fingerprint density at radius 2 is 1.85 bits per heavy atom. The molecule has 0 saturated carbocycles. The Kier molecular flexibility index (Phi) is 8.44. The lowest BCUT2D eigenvalue weighted by Gasteiger charge is -2.27. The summed E-state index contributed by atoms with van der Waals surface area (Å²) in [5.41, 5.74) is 1.23. The first kappa shape index (κ1) is 19.7. The van der Waals surface area contributed by atoms with Crippen molar-refractivity contribution >= 4 is 5.82 Å². The SMILES string of the molecule is COc1ccc(CN(CCN(C)CCCCC#N)c2ccccn2)cc1. The fraction of sp³-hybridized carbons (Fsp3) is 0.429. The van der Waals surface area contributed by atoms with Gasteiger partial charge in [0.25, 0.3) is 0 Å². The predicted octanol–water partition coefficient (Wildman–Crippen LogP) is 3.72. The second kappa shape index (κ2) is 11.1. The average Bonchev–Trinajstić information content (AvgIpc) is 2.69. The molecule has 5 nitrogen and oxygen atoms in total. The lowest BCUT2D eigenvalue weighted by atomic mass is 10.2. The quantitative estimate of drug-likeness (QED) is 0.577. The maximum atomic E-state index is 8.62. The fourth-order valence-corrected chi connectivity index (χ4v) is 2.76. The topological polar surface area (TPSA) is 52.4 Å². The molecule has 0 spiro atoms. The Bertz CT molecular complexity index is 667. The lowest BCUT2D eigenvalue weighted by molar-refractivity contribution is 0.331. The van der Waals surface area contributed by atoms with E-state index in [0.717, 1.165) is 50.6 Å². The molecular formula is C21H28N4O. The number of nitriles is 1. The molecule has 0 aliphatic carbocycles. The minimum Gasteiger partial charge on any atom is -0.497 e. The largest absolute Gasteiger partial charge is 0.497 e. The van der Waals surface area contributed by atoms with E-state index in [2.05, 4.69) is 46.1 Å². The number of aromatic nitrogens is 1. The van der Waals surface area contributed by atoms with Crippen LogP contribution in [0, 0.1) is 11.3 Å². The van der Waals surface area contributed by atoms with Crippen molar-refractivity contribution in [3.8, 4) is 11.8 Å². The number of hydrogen-bond acceptors (Lipinski definition) is 5. The van der Waals surface area contributed by atoms with Crippen molar-refractivity contribution in [3.63, 3.8) is 0 Å². The molecule has 26 heavy (non-hydrogen) atoms. The Labute approximate surface area is 156 Å². The van der Waals surface area contributed by atoms with E-state index in [4.69, 9.17) is 10.00 Å². The minimum absolute atomic E-state index is 0.644. The zero-order valence-corrected chi connectivity index (χ0v) is 15.8. The van der Waals surface area contributed by atoms with Crippen LogP contribution in [0.1, 0.15) is 24.8 Å². The van der Waals surface area contributed by atoms with Crippen molar-refractivity contribution in [1.82, 2.24) is 9.88 Å². The van der Waals surface area contributed by atoms with Crippen molar-refractivity contribution in [2.75, 3.05) is 38.7 Å². The Morgan fingerprint density at radius 1 is 1.04 bits per heavy atom. The van der Waals surface area contributed by atoms with E-state index in [1.807, 2.05) is 30.5 Å². The normalized spacial score (nSPS) is 10.5. The molecule has 1 heterocycles. The van der Waals surface area contributed by atoms with Gasteiger partial charge in [0.2, 0.25) is 0 Å². The molecule has 5 heteroatoms. The molecule has 1 aromatic carbocycles.